The van der Waals surface area contributed by atoms with Gasteiger partial charge in [-0.3, -0.25) is 0 Å². The quantitative estimate of drug-likeness (QED) is 0.755. The molecule has 1 unspecified atom stereocenters. The predicted octanol–water partition coefficient (Wildman–Crippen LogP) is 3.25. The Bertz CT molecular complexity index is 266. The molecular weight excluding hydrogens is 184 g/mol. The third kappa shape index (κ3) is 2.59. The van der Waals surface area contributed by atoms with Crippen LogP contribution in [0.15, 0.2) is 12.3 Å². The lowest BCUT2D eigenvalue weighted by Crippen LogP contribution is -2.14. The Balaban J connectivity index is 2.87. The number of nitrogens with one attached hydrogen (secondary N) is 1. The molecule has 3 heteroatoms. The Morgan fingerprint density at radius 1 is 1.62 bits per heavy atom. The van der Waals surface area contributed by atoms with Crippen molar-refractivity contribution in [3.8, 4) is 0 Å². The van der Waals surface area contributed by atoms with Crippen molar-refractivity contribution in [2.24, 2.45) is 0 Å². The van der Waals surface area contributed by atoms with Crippen LogP contribution in [-0.2, 0) is 0 Å². The first kappa shape index (κ1) is 10.3. The maximum absolute atomic E-state index is 5.96. The van der Waals surface area contributed by atoms with Gasteiger partial charge in [0, 0.05) is 12.2 Å². The summed E-state index contributed by atoms with van der Waals surface area (Å²) in [4.78, 5) is 4.03. The normalized spacial score (nSPS) is 12.6. The fourth-order valence-corrected chi connectivity index (χ4v) is 1.31. The Morgan fingerprint density at radius 3 is 2.85 bits per heavy atom. The Morgan fingerprint density at radius 2 is 2.31 bits per heavy atom. The van der Waals surface area contributed by atoms with Crippen LogP contribution in [0.3, 0.4) is 0 Å². The minimum absolute atomic E-state index is 0.431. The highest BCUT2D eigenvalue weighted by Crippen LogP contribution is 2.23. The van der Waals surface area contributed by atoms with E-state index >= 15 is 0 Å². The number of halogens is 1. The van der Waals surface area contributed by atoms with Gasteiger partial charge in [-0.15, -0.1) is 0 Å². The van der Waals surface area contributed by atoms with Gasteiger partial charge in [-0.05, 0) is 31.9 Å². The smallest absolute Gasteiger partial charge is 0.152 e. The van der Waals surface area contributed by atoms with Crippen molar-refractivity contribution >= 4 is 17.3 Å². The standard InChI is InChI=1S/C10H15ClN2/c1-4-8(3)13-9-7(2)5-6-12-10(9)11/h5-6,8,13H,4H2,1-3H3. The van der Waals surface area contributed by atoms with Gasteiger partial charge in [0.25, 0.3) is 0 Å². The van der Waals surface area contributed by atoms with Crippen LogP contribution in [0.4, 0.5) is 5.69 Å². The molecule has 0 aromatic carbocycles. The molecule has 0 amide bonds. The van der Waals surface area contributed by atoms with Crippen molar-refractivity contribution in [1.29, 1.82) is 0 Å². The molecule has 0 spiro atoms. The second-order valence-corrected chi connectivity index (χ2v) is 3.61. The minimum Gasteiger partial charge on any atom is -0.380 e. The molecule has 0 saturated carbocycles. The first-order valence-electron chi connectivity index (χ1n) is 4.52. The van der Waals surface area contributed by atoms with E-state index in [1.807, 2.05) is 13.0 Å². The molecule has 1 aromatic heterocycles. The SMILES string of the molecule is CCC(C)Nc1c(C)ccnc1Cl. The lowest BCUT2D eigenvalue weighted by Gasteiger charge is -2.15. The summed E-state index contributed by atoms with van der Waals surface area (Å²) in [6.45, 7) is 6.29. The number of pyridine rings is 1. The van der Waals surface area contributed by atoms with Gasteiger partial charge in [-0.1, -0.05) is 18.5 Å². The molecule has 1 heterocycles. The van der Waals surface area contributed by atoms with Crippen molar-refractivity contribution in [3.63, 3.8) is 0 Å². The maximum atomic E-state index is 5.96. The molecule has 1 rings (SSSR count). The molecule has 0 bridgehead atoms. The molecule has 13 heavy (non-hydrogen) atoms. The fourth-order valence-electron chi connectivity index (χ4n) is 1.05. The van der Waals surface area contributed by atoms with E-state index in [1.165, 1.54) is 0 Å². The van der Waals surface area contributed by atoms with Crippen LogP contribution in [-0.4, -0.2) is 11.0 Å². The van der Waals surface area contributed by atoms with Crippen LogP contribution in [0.2, 0.25) is 5.15 Å². The molecule has 0 radical (unpaired) electrons. The zero-order valence-corrected chi connectivity index (χ0v) is 9.02. The van der Waals surface area contributed by atoms with E-state index in [0.717, 1.165) is 17.7 Å². The molecule has 0 saturated heterocycles. The number of hydrogen-bond donors (Lipinski definition) is 1. The molecule has 0 fully saturated rings. The van der Waals surface area contributed by atoms with Gasteiger partial charge in [0.1, 0.15) is 0 Å². The third-order valence-corrected chi connectivity index (χ3v) is 2.40. The minimum atomic E-state index is 0.431. The van der Waals surface area contributed by atoms with Crippen LogP contribution in [0, 0.1) is 6.92 Å². The second kappa shape index (κ2) is 4.47. The number of anilines is 1. The van der Waals surface area contributed by atoms with Crippen LogP contribution in [0.5, 0.6) is 0 Å². The summed E-state index contributed by atoms with van der Waals surface area (Å²) in [5, 5.41) is 3.89. The van der Waals surface area contributed by atoms with Crippen LogP contribution in [0.25, 0.3) is 0 Å². The second-order valence-electron chi connectivity index (χ2n) is 3.25. The van der Waals surface area contributed by atoms with Crippen molar-refractivity contribution < 1.29 is 0 Å². The van der Waals surface area contributed by atoms with Gasteiger partial charge >= 0.3 is 0 Å². The van der Waals surface area contributed by atoms with E-state index in [-0.39, 0.29) is 0 Å². The number of aromatic nitrogens is 1. The lowest BCUT2D eigenvalue weighted by molar-refractivity contribution is 0.762. The summed E-state index contributed by atoms with van der Waals surface area (Å²) in [6, 6.07) is 2.39. The average molecular weight is 199 g/mol. The third-order valence-electron chi connectivity index (χ3n) is 2.12. The first-order chi connectivity index (χ1) is 6.15. The van der Waals surface area contributed by atoms with Crippen LogP contribution < -0.4 is 5.32 Å². The van der Waals surface area contributed by atoms with Gasteiger partial charge in [0.15, 0.2) is 5.15 Å². The average Bonchev–Trinajstić information content (AvgIpc) is 2.11. The first-order valence-corrected chi connectivity index (χ1v) is 4.90. The van der Waals surface area contributed by atoms with Gasteiger partial charge in [-0.25, -0.2) is 4.98 Å². The molecule has 0 aliphatic heterocycles. The Kier molecular flexibility index (Phi) is 3.55. The van der Waals surface area contributed by atoms with Crippen molar-refractivity contribution in [2.75, 3.05) is 5.32 Å². The summed E-state index contributed by atoms with van der Waals surface area (Å²) >= 11 is 5.96. The molecule has 2 nitrogen and oxygen atoms in total. The maximum Gasteiger partial charge on any atom is 0.152 e. The highest BCUT2D eigenvalue weighted by molar-refractivity contribution is 6.32. The molecule has 0 aliphatic carbocycles. The van der Waals surface area contributed by atoms with E-state index in [2.05, 4.69) is 24.1 Å². The molecule has 1 N–H and O–H groups in total. The van der Waals surface area contributed by atoms with E-state index in [9.17, 15) is 0 Å². The molecule has 0 aliphatic rings. The summed E-state index contributed by atoms with van der Waals surface area (Å²) in [5.41, 5.74) is 2.10. The van der Waals surface area contributed by atoms with Crippen molar-refractivity contribution in [3.05, 3.63) is 23.0 Å². The summed E-state index contributed by atoms with van der Waals surface area (Å²) in [6.07, 6.45) is 2.80. The Hall–Kier alpha value is -0.760. The summed E-state index contributed by atoms with van der Waals surface area (Å²) in [7, 11) is 0. The van der Waals surface area contributed by atoms with E-state index < -0.39 is 0 Å². The number of hydrogen-bond acceptors (Lipinski definition) is 2. The zero-order valence-electron chi connectivity index (χ0n) is 8.26. The topological polar surface area (TPSA) is 24.9 Å². The monoisotopic (exact) mass is 198 g/mol. The zero-order chi connectivity index (χ0) is 9.84. The highest BCUT2D eigenvalue weighted by atomic mass is 35.5. The van der Waals surface area contributed by atoms with Gasteiger partial charge in [-0.2, -0.15) is 0 Å². The van der Waals surface area contributed by atoms with E-state index in [0.29, 0.717) is 11.2 Å². The Labute approximate surface area is 84.3 Å². The van der Waals surface area contributed by atoms with Gasteiger partial charge in [0.2, 0.25) is 0 Å². The predicted molar refractivity (Wildman–Crippen MR) is 57.4 cm³/mol. The van der Waals surface area contributed by atoms with Gasteiger partial charge < -0.3 is 5.32 Å². The molecule has 1 aromatic rings. The van der Waals surface area contributed by atoms with E-state index in [4.69, 9.17) is 11.6 Å². The summed E-state index contributed by atoms with van der Waals surface area (Å²) in [5.74, 6) is 0. The molecule has 1 atom stereocenters. The number of nitrogens with zero attached hydrogens (tertiary/aromatic N) is 1. The summed E-state index contributed by atoms with van der Waals surface area (Å²) < 4.78 is 0. The van der Waals surface area contributed by atoms with Crippen LogP contribution >= 0.6 is 11.6 Å². The lowest BCUT2D eigenvalue weighted by atomic mass is 10.2. The van der Waals surface area contributed by atoms with Gasteiger partial charge in [0.05, 0.1) is 5.69 Å². The van der Waals surface area contributed by atoms with Crippen LogP contribution in [0.1, 0.15) is 25.8 Å². The van der Waals surface area contributed by atoms with Crippen molar-refractivity contribution in [1.82, 2.24) is 4.98 Å². The fraction of sp³-hybridized carbons (Fsp3) is 0.500. The van der Waals surface area contributed by atoms with Crippen molar-refractivity contribution in [2.45, 2.75) is 33.2 Å². The highest BCUT2D eigenvalue weighted by Gasteiger charge is 2.06. The molecular formula is C10H15ClN2. The molecule has 72 valence electrons. The van der Waals surface area contributed by atoms with E-state index in [1.54, 1.807) is 6.20 Å². The number of rotatable bonds is 3. The largest absolute Gasteiger partial charge is 0.380 e. The number of aryl methyl sites for hydroxylation is 1.